The van der Waals surface area contributed by atoms with Crippen molar-refractivity contribution in [2.24, 2.45) is 0 Å². The van der Waals surface area contributed by atoms with Crippen molar-refractivity contribution in [2.45, 2.75) is 13.5 Å². The van der Waals surface area contributed by atoms with Gasteiger partial charge >= 0.3 is 0 Å². The highest BCUT2D eigenvalue weighted by Gasteiger charge is 2.15. The van der Waals surface area contributed by atoms with Crippen LogP contribution in [-0.4, -0.2) is 14.5 Å². The van der Waals surface area contributed by atoms with Crippen molar-refractivity contribution in [1.29, 1.82) is 0 Å². The van der Waals surface area contributed by atoms with Crippen LogP contribution in [0.25, 0.3) is 31.4 Å². The van der Waals surface area contributed by atoms with Gasteiger partial charge in [-0.1, -0.05) is 36.4 Å². The first kappa shape index (κ1) is 17.1. The first-order valence-corrected chi connectivity index (χ1v) is 10.4. The van der Waals surface area contributed by atoms with Gasteiger partial charge in [0.25, 0.3) is 5.56 Å². The van der Waals surface area contributed by atoms with Gasteiger partial charge in [-0.3, -0.25) is 9.36 Å². The summed E-state index contributed by atoms with van der Waals surface area (Å²) in [5.41, 5.74) is 2.49. The third kappa shape index (κ3) is 2.98. The number of oxazole rings is 1. The molecule has 0 aliphatic rings. The average molecular weight is 406 g/mol. The summed E-state index contributed by atoms with van der Waals surface area (Å²) in [6, 6.07) is 15.9. The minimum Gasteiger partial charge on any atom is -0.440 e. The van der Waals surface area contributed by atoms with Gasteiger partial charge in [0.1, 0.15) is 16.2 Å². The largest absolute Gasteiger partial charge is 0.440 e. The van der Waals surface area contributed by atoms with Gasteiger partial charge in [0.05, 0.1) is 23.3 Å². The molecule has 5 aromatic rings. The van der Waals surface area contributed by atoms with E-state index < -0.39 is 0 Å². The highest BCUT2D eigenvalue weighted by atomic mass is 32.1. The summed E-state index contributed by atoms with van der Waals surface area (Å²) < 4.78 is 8.03. The molecule has 7 heteroatoms. The molecule has 5 nitrogen and oxygen atoms in total. The Labute approximate surface area is 168 Å². The normalized spacial score (nSPS) is 11.3. The summed E-state index contributed by atoms with van der Waals surface area (Å²) in [5.74, 6) is 1.30. The third-order valence-corrected chi connectivity index (χ3v) is 6.53. The smallest absolute Gasteiger partial charge is 0.271 e. The molecule has 0 saturated carbocycles. The zero-order valence-electron chi connectivity index (χ0n) is 15.0. The number of benzene rings is 1. The second-order valence-electron chi connectivity index (χ2n) is 6.37. The van der Waals surface area contributed by atoms with E-state index in [9.17, 15) is 4.79 Å². The Morgan fingerprint density at radius 3 is 2.75 bits per heavy atom. The summed E-state index contributed by atoms with van der Waals surface area (Å²) in [7, 11) is 0. The van der Waals surface area contributed by atoms with Gasteiger partial charge in [0.15, 0.2) is 0 Å². The van der Waals surface area contributed by atoms with Gasteiger partial charge in [-0.05, 0) is 30.0 Å². The Morgan fingerprint density at radius 1 is 1.11 bits per heavy atom. The number of hydrogen-bond donors (Lipinski definition) is 0. The fourth-order valence-electron chi connectivity index (χ4n) is 3.04. The maximum atomic E-state index is 13.0. The van der Waals surface area contributed by atoms with Crippen LogP contribution in [0.3, 0.4) is 0 Å². The van der Waals surface area contributed by atoms with Crippen LogP contribution in [0.1, 0.15) is 11.5 Å². The van der Waals surface area contributed by atoms with Crippen LogP contribution in [0, 0.1) is 6.92 Å². The van der Waals surface area contributed by atoms with Gasteiger partial charge in [-0.25, -0.2) is 9.97 Å². The van der Waals surface area contributed by atoms with E-state index in [4.69, 9.17) is 4.42 Å². The molecule has 5 rings (SSSR count). The molecule has 0 saturated heterocycles. The molecule has 0 atom stereocenters. The van der Waals surface area contributed by atoms with Crippen LogP contribution in [-0.2, 0) is 6.54 Å². The molecule has 0 N–H and O–H groups in total. The maximum absolute atomic E-state index is 13.0. The Hall–Kier alpha value is -3.03. The van der Waals surface area contributed by atoms with E-state index in [-0.39, 0.29) is 5.56 Å². The number of aryl methyl sites for hydroxylation is 1. The average Bonchev–Trinajstić information content (AvgIpc) is 3.45. The number of fused-ring (bicyclic) bond motifs is 1. The molecular weight excluding hydrogens is 390 g/mol. The lowest BCUT2D eigenvalue weighted by atomic mass is 10.2. The zero-order valence-corrected chi connectivity index (χ0v) is 16.6. The van der Waals surface area contributed by atoms with Crippen molar-refractivity contribution in [3.63, 3.8) is 0 Å². The van der Waals surface area contributed by atoms with Crippen LogP contribution in [0.4, 0.5) is 0 Å². The number of thiophene rings is 2. The lowest BCUT2D eigenvalue weighted by Gasteiger charge is -2.02. The van der Waals surface area contributed by atoms with Crippen LogP contribution in [0.5, 0.6) is 0 Å². The summed E-state index contributed by atoms with van der Waals surface area (Å²) in [6.45, 7) is 2.20. The highest BCUT2D eigenvalue weighted by molar-refractivity contribution is 7.22. The summed E-state index contributed by atoms with van der Waals surface area (Å²) >= 11 is 3.05. The standard InChI is InChI=1S/C21H15N3O2S2/c1-13-16(23-20(26-13)17-8-5-9-27-17)11-24-12-22-15-10-18(28-19(15)21(24)25)14-6-3-2-4-7-14/h2-10,12H,11H2,1H3. The molecule has 0 unspecified atom stereocenters. The molecule has 28 heavy (non-hydrogen) atoms. The lowest BCUT2D eigenvalue weighted by Crippen LogP contribution is -2.20. The van der Waals surface area contributed by atoms with Crippen molar-refractivity contribution in [1.82, 2.24) is 14.5 Å². The second kappa shape index (κ2) is 6.85. The number of nitrogens with zero attached hydrogens (tertiary/aromatic N) is 3. The quantitative estimate of drug-likeness (QED) is 0.412. The number of aromatic nitrogens is 3. The first-order chi connectivity index (χ1) is 13.7. The van der Waals surface area contributed by atoms with Gasteiger partial charge in [-0.15, -0.1) is 22.7 Å². The molecule has 0 fully saturated rings. The summed E-state index contributed by atoms with van der Waals surface area (Å²) in [6.07, 6.45) is 1.59. The fraction of sp³-hybridized carbons (Fsp3) is 0.0952. The summed E-state index contributed by atoms with van der Waals surface area (Å²) in [5, 5.41) is 1.98. The van der Waals surface area contributed by atoms with Gasteiger partial charge in [-0.2, -0.15) is 0 Å². The van der Waals surface area contributed by atoms with Crippen molar-refractivity contribution in [2.75, 3.05) is 0 Å². The Kier molecular flexibility index (Phi) is 4.18. The Bertz CT molecular complexity index is 1320. The van der Waals surface area contributed by atoms with E-state index in [0.717, 1.165) is 26.5 Å². The molecule has 0 radical (unpaired) electrons. The molecule has 4 heterocycles. The SMILES string of the molecule is Cc1oc(-c2cccs2)nc1Cn1cnc2cc(-c3ccccc3)sc2c1=O. The van der Waals surface area contributed by atoms with E-state index in [1.807, 2.05) is 60.8 Å². The number of rotatable bonds is 4. The van der Waals surface area contributed by atoms with Gasteiger partial charge in [0.2, 0.25) is 5.89 Å². The van der Waals surface area contributed by atoms with E-state index in [1.165, 1.54) is 11.3 Å². The van der Waals surface area contributed by atoms with Crippen molar-refractivity contribution in [3.05, 3.63) is 82.0 Å². The topological polar surface area (TPSA) is 60.9 Å². The van der Waals surface area contributed by atoms with E-state index >= 15 is 0 Å². The fourth-order valence-corrected chi connectivity index (χ4v) is 4.76. The van der Waals surface area contributed by atoms with E-state index in [2.05, 4.69) is 9.97 Å². The Morgan fingerprint density at radius 2 is 1.96 bits per heavy atom. The minimum atomic E-state index is -0.0581. The predicted molar refractivity (Wildman–Crippen MR) is 113 cm³/mol. The van der Waals surface area contributed by atoms with Crippen molar-refractivity contribution in [3.8, 4) is 21.2 Å². The molecule has 0 amide bonds. The van der Waals surface area contributed by atoms with Crippen LogP contribution in [0.15, 0.2) is 69.5 Å². The van der Waals surface area contributed by atoms with E-state index in [1.54, 1.807) is 22.2 Å². The molecule has 1 aromatic carbocycles. The third-order valence-electron chi connectivity index (χ3n) is 4.51. The van der Waals surface area contributed by atoms with Crippen LogP contribution >= 0.6 is 22.7 Å². The molecule has 138 valence electrons. The Balaban J connectivity index is 1.52. The van der Waals surface area contributed by atoms with Crippen molar-refractivity contribution < 1.29 is 4.42 Å². The zero-order chi connectivity index (χ0) is 19.1. The van der Waals surface area contributed by atoms with Crippen LogP contribution < -0.4 is 5.56 Å². The maximum Gasteiger partial charge on any atom is 0.271 e. The van der Waals surface area contributed by atoms with E-state index in [0.29, 0.717) is 22.9 Å². The minimum absolute atomic E-state index is 0.0581. The molecule has 0 bridgehead atoms. The summed E-state index contributed by atoms with van der Waals surface area (Å²) in [4.78, 5) is 24.1. The lowest BCUT2D eigenvalue weighted by molar-refractivity contribution is 0.538. The van der Waals surface area contributed by atoms with Crippen molar-refractivity contribution >= 4 is 32.9 Å². The molecule has 4 aromatic heterocycles. The second-order valence-corrected chi connectivity index (χ2v) is 8.37. The molecule has 0 aliphatic heterocycles. The molecule has 0 spiro atoms. The number of hydrogen-bond acceptors (Lipinski definition) is 6. The van der Waals surface area contributed by atoms with Gasteiger partial charge in [0, 0.05) is 4.88 Å². The molecule has 0 aliphatic carbocycles. The van der Waals surface area contributed by atoms with Crippen LogP contribution in [0.2, 0.25) is 0 Å². The highest BCUT2D eigenvalue weighted by Crippen LogP contribution is 2.31. The molecular formula is C21H15N3O2S2. The predicted octanol–water partition coefficient (Wildman–Crippen LogP) is 5.20. The monoisotopic (exact) mass is 405 g/mol. The van der Waals surface area contributed by atoms with Gasteiger partial charge < -0.3 is 4.42 Å². The first-order valence-electron chi connectivity index (χ1n) is 8.73.